The van der Waals surface area contributed by atoms with Gasteiger partial charge >= 0.3 is 11.9 Å². The number of phenols is 1. The second-order valence-corrected chi connectivity index (χ2v) is 5.64. The van der Waals surface area contributed by atoms with Crippen LogP contribution in [0.1, 0.15) is 12.5 Å². The van der Waals surface area contributed by atoms with Gasteiger partial charge in [-0.05, 0) is 23.8 Å². The number of aliphatic hydroxyl groups is 3. The summed E-state index contributed by atoms with van der Waals surface area (Å²) in [5.74, 6) is -1.55. The van der Waals surface area contributed by atoms with E-state index in [1.807, 2.05) is 0 Å². The maximum Gasteiger partial charge on any atom is 0.333 e. The van der Waals surface area contributed by atoms with Crippen LogP contribution < -0.4 is 0 Å². The smallest absolute Gasteiger partial charge is 0.333 e. The van der Waals surface area contributed by atoms with Gasteiger partial charge in [0.15, 0.2) is 12.2 Å². The first kappa shape index (κ1) is 19.9. The van der Waals surface area contributed by atoms with Gasteiger partial charge in [-0.1, -0.05) is 12.1 Å². The van der Waals surface area contributed by atoms with E-state index in [0.717, 1.165) is 13.0 Å². The van der Waals surface area contributed by atoms with Gasteiger partial charge in [-0.3, -0.25) is 4.79 Å². The summed E-state index contributed by atoms with van der Waals surface area (Å²) in [7, 11) is 0. The van der Waals surface area contributed by atoms with Gasteiger partial charge in [0, 0.05) is 13.0 Å². The fourth-order valence-electron chi connectivity index (χ4n) is 2.38. The van der Waals surface area contributed by atoms with Crippen LogP contribution in [0.4, 0.5) is 0 Å². The highest BCUT2D eigenvalue weighted by Crippen LogP contribution is 2.24. The van der Waals surface area contributed by atoms with Crippen LogP contribution in [-0.2, 0) is 23.8 Å². The third-order valence-corrected chi connectivity index (χ3v) is 3.66. The highest BCUT2D eigenvalue weighted by Gasteiger charge is 2.48. The lowest BCUT2D eigenvalue weighted by Crippen LogP contribution is -2.60. The van der Waals surface area contributed by atoms with E-state index in [0.29, 0.717) is 5.56 Å². The molecule has 9 heteroatoms. The average Bonchev–Trinajstić information content (AvgIpc) is 2.60. The molecule has 0 aliphatic carbocycles. The number of hydrogen-bond acceptors (Lipinski definition) is 9. The predicted molar refractivity (Wildman–Crippen MR) is 86.5 cm³/mol. The first-order chi connectivity index (χ1) is 12.3. The molecular weight excluding hydrogens is 348 g/mol. The van der Waals surface area contributed by atoms with Crippen LogP contribution in [0.25, 0.3) is 6.08 Å². The zero-order chi connectivity index (χ0) is 19.3. The lowest BCUT2D eigenvalue weighted by atomic mass is 9.99. The molecule has 0 aromatic heterocycles. The SMILES string of the molecule is CC(=O)O[C@@H]1[C@@H](O)[C@H](OC(=O)/C=C/c2ccc(O)cc2)O[C@H](CO)[C@H]1O. The number of ether oxygens (including phenoxy) is 3. The van der Waals surface area contributed by atoms with Crippen molar-refractivity contribution in [2.45, 2.75) is 37.6 Å². The summed E-state index contributed by atoms with van der Waals surface area (Å²) < 4.78 is 15.0. The predicted octanol–water partition coefficient (Wildman–Crippen LogP) is -0.681. The number of carbonyl (C=O) groups excluding carboxylic acids is 2. The van der Waals surface area contributed by atoms with E-state index >= 15 is 0 Å². The Morgan fingerprint density at radius 1 is 1.15 bits per heavy atom. The van der Waals surface area contributed by atoms with Crippen molar-refractivity contribution < 1.29 is 44.2 Å². The normalized spacial score (nSPS) is 28.7. The lowest BCUT2D eigenvalue weighted by Gasteiger charge is -2.40. The van der Waals surface area contributed by atoms with Crippen molar-refractivity contribution in [1.82, 2.24) is 0 Å². The molecule has 0 saturated carbocycles. The fraction of sp³-hybridized carbons (Fsp3) is 0.412. The summed E-state index contributed by atoms with van der Waals surface area (Å²) in [5, 5.41) is 38.6. The van der Waals surface area contributed by atoms with Crippen molar-refractivity contribution in [2.75, 3.05) is 6.61 Å². The molecule has 5 atom stereocenters. The molecule has 4 N–H and O–H groups in total. The van der Waals surface area contributed by atoms with Gasteiger partial charge in [0.05, 0.1) is 6.61 Å². The molecule has 1 aromatic rings. The number of rotatable bonds is 5. The maximum atomic E-state index is 11.9. The minimum atomic E-state index is -1.64. The van der Waals surface area contributed by atoms with Gasteiger partial charge in [0.1, 0.15) is 18.0 Å². The van der Waals surface area contributed by atoms with E-state index in [-0.39, 0.29) is 5.75 Å². The first-order valence-corrected chi connectivity index (χ1v) is 7.79. The topological polar surface area (TPSA) is 143 Å². The van der Waals surface area contributed by atoms with Gasteiger partial charge in [-0.15, -0.1) is 0 Å². The molecule has 2 rings (SSSR count). The van der Waals surface area contributed by atoms with Crippen LogP contribution in [0, 0.1) is 0 Å². The minimum absolute atomic E-state index is 0.0774. The summed E-state index contributed by atoms with van der Waals surface area (Å²) in [6.07, 6.45) is -4.80. The molecule has 0 unspecified atom stereocenters. The van der Waals surface area contributed by atoms with Gasteiger partial charge < -0.3 is 34.6 Å². The summed E-state index contributed by atoms with van der Waals surface area (Å²) >= 11 is 0. The molecule has 0 bridgehead atoms. The Balaban J connectivity index is 2.04. The molecular formula is C17H20O9. The third-order valence-electron chi connectivity index (χ3n) is 3.66. The zero-order valence-electron chi connectivity index (χ0n) is 13.9. The number of aromatic hydroxyl groups is 1. The molecule has 1 saturated heterocycles. The molecule has 9 nitrogen and oxygen atoms in total. The lowest BCUT2D eigenvalue weighted by molar-refractivity contribution is -0.293. The van der Waals surface area contributed by atoms with Gasteiger partial charge in [-0.25, -0.2) is 4.79 Å². The maximum absolute atomic E-state index is 11.9. The Hall–Kier alpha value is -2.46. The van der Waals surface area contributed by atoms with E-state index < -0.39 is 49.3 Å². The van der Waals surface area contributed by atoms with Crippen molar-refractivity contribution in [3.05, 3.63) is 35.9 Å². The molecule has 1 fully saturated rings. The summed E-state index contributed by atoms with van der Waals surface area (Å²) in [4.78, 5) is 23.0. The molecule has 0 radical (unpaired) electrons. The Labute approximate surface area is 149 Å². The van der Waals surface area contributed by atoms with E-state index in [4.69, 9.17) is 14.2 Å². The van der Waals surface area contributed by atoms with Crippen LogP contribution >= 0.6 is 0 Å². The largest absolute Gasteiger partial charge is 0.508 e. The van der Waals surface area contributed by atoms with Crippen molar-refractivity contribution in [1.29, 1.82) is 0 Å². The van der Waals surface area contributed by atoms with Crippen LogP contribution in [-0.4, -0.2) is 69.7 Å². The van der Waals surface area contributed by atoms with Crippen LogP contribution in [0.2, 0.25) is 0 Å². The summed E-state index contributed by atoms with van der Waals surface area (Å²) in [5.41, 5.74) is 0.617. The number of phenolic OH excluding ortho intramolecular Hbond substituents is 1. The first-order valence-electron chi connectivity index (χ1n) is 7.79. The second kappa shape index (κ2) is 8.77. The number of esters is 2. The molecule has 26 heavy (non-hydrogen) atoms. The van der Waals surface area contributed by atoms with Crippen molar-refractivity contribution in [2.24, 2.45) is 0 Å². The minimum Gasteiger partial charge on any atom is -0.508 e. The Bertz CT molecular complexity index is 655. The molecule has 0 amide bonds. The van der Waals surface area contributed by atoms with E-state index in [1.165, 1.54) is 18.2 Å². The molecule has 142 valence electrons. The Kier molecular flexibility index (Phi) is 6.70. The standard InChI is InChI=1S/C17H20O9/c1-9(19)24-16-14(22)12(8-18)25-17(15(16)23)26-13(21)7-4-10-2-5-11(20)6-3-10/h2-7,12,14-18,20,22-23H,8H2,1H3/b7-4+/t12-,14-,15-,16+,17+/m1/s1. The fourth-order valence-corrected chi connectivity index (χ4v) is 2.38. The number of benzene rings is 1. The quantitative estimate of drug-likeness (QED) is 0.392. The van der Waals surface area contributed by atoms with Crippen molar-refractivity contribution >= 4 is 18.0 Å². The monoisotopic (exact) mass is 368 g/mol. The summed E-state index contributed by atoms with van der Waals surface area (Å²) in [6.45, 7) is 0.452. The molecule has 1 heterocycles. The van der Waals surface area contributed by atoms with Gasteiger partial charge in [-0.2, -0.15) is 0 Å². The van der Waals surface area contributed by atoms with Crippen molar-refractivity contribution in [3.8, 4) is 5.75 Å². The second-order valence-electron chi connectivity index (χ2n) is 5.64. The Morgan fingerprint density at radius 2 is 1.81 bits per heavy atom. The van der Waals surface area contributed by atoms with E-state index in [1.54, 1.807) is 12.1 Å². The van der Waals surface area contributed by atoms with Crippen LogP contribution in [0.5, 0.6) is 5.75 Å². The third kappa shape index (κ3) is 5.02. The number of carbonyl (C=O) groups is 2. The number of aliphatic hydroxyl groups excluding tert-OH is 3. The van der Waals surface area contributed by atoms with Gasteiger partial charge in [0.25, 0.3) is 0 Å². The Morgan fingerprint density at radius 3 is 2.38 bits per heavy atom. The van der Waals surface area contributed by atoms with Crippen LogP contribution in [0.15, 0.2) is 30.3 Å². The average molecular weight is 368 g/mol. The molecule has 1 aromatic carbocycles. The number of hydrogen-bond donors (Lipinski definition) is 4. The summed E-state index contributed by atoms with van der Waals surface area (Å²) in [6, 6.07) is 6.02. The van der Waals surface area contributed by atoms with Crippen LogP contribution in [0.3, 0.4) is 0 Å². The molecule has 1 aliphatic rings. The zero-order valence-corrected chi connectivity index (χ0v) is 13.9. The van der Waals surface area contributed by atoms with E-state index in [2.05, 4.69) is 0 Å². The van der Waals surface area contributed by atoms with Gasteiger partial charge in [0.2, 0.25) is 6.29 Å². The molecule has 1 aliphatic heterocycles. The van der Waals surface area contributed by atoms with E-state index in [9.17, 15) is 30.0 Å². The van der Waals surface area contributed by atoms with Crippen molar-refractivity contribution in [3.63, 3.8) is 0 Å². The highest BCUT2D eigenvalue weighted by atomic mass is 16.7. The highest BCUT2D eigenvalue weighted by molar-refractivity contribution is 5.87. The molecule has 0 spiro atoms.